The van der Waals surface area contributed by atoms with Crippen LogP contribution in [0.25, 0.3) is 0 Å². The standard InChI is InChI=1S/C6H8O7.BH3O2/c7-3(8)1-2(5(10)11)4(9)6(12)13;2-1-3/h2,4,9H,1H2,(H,7,8)(H,10,11)(H,12,13);1-3H. The molecule has 0 aliphatic heterocycles. The van der Waals surface area contributed by atoms with E-state index in [0.717, 1.165) is 0 Å². The predicted molar refractivity (Wildman–Crippen MR) is 48.6 cm³/mol. The Morgan fingerprint density at radius 2 is 1.38 bits per heavy atom. The molecular weight excluding hydrogens is 227 g/mol. The molecule has 16 heavy (non-hydrogen) atoms. The average Bonchev–Trinajstić information content (AvgIpc) is 2.13. The summed E-state index contributed by atoms with van der Waals surface area (Å²) in [6.07, 6.45) is -3.13. The van der Waals surface area contributed by atoms with E-state index < -0.39 is 44.0 Å². The molecule has 10 heteroatoms. The Balaban J connectivity index is 0. The molecule has 0 heterocycles. The molecule has 0 saturated heterocycles. The van der Waals surface area contributed by atoms with Crippen molar-refractivity contribution in [3.05, 3.63) is 0 Å². The number of carboxylic acid groups (broad SMARTS) is 3. The van der Waals surface area contributed by atoms with Crippen LogP contribution in [0.4, 0.5) is 0 Å². The Morgan fingerprint density at radius 1 is 1.00 bits per heavy atom. The van der Waals surface area contributed by atoms with Gasteiger partial charge in [0.2, 0.25) is 0 Å². The van der Waals surface area contributed by atoms with E-state index in [4.69, 9.17) is 30.5 Å². The lowest BCUT2D eigenvalue weighted by atomic mass is 9.99. The van der Waals surface area contributed by atoms with Crippen LogP contribution < -0.4 is 0 Å². The topological polar surface area (TPSA) is 173 Å². The van der Waals surface area contributed by atoms with Crippen molar-refractivity contribution in [3.63, 3.8) is 0 Å². The zero-order chi connectivity index (χ0) is 13.3. The summed E-state index contributed by atoms with van der Waals surface area (Å²) in [4.78, 5) is 30.5. The Bertz CT molecular complexity index is 252. The van der Waals surface area contributed by atoms with Crippen molar-refractivity contribution >= 4 is 25.6 Å². The first kappa shape index (κ1) is 16.8. The fourth-order valence-corrected chi connectivity index (χ4v) is 0.694. The highest BCUT2D eigenvalue weighted by molar-refractivity contribution is 6.13. The normalized spacial score (nSPS) is 12.7. The monoisotopic (exact) mass is 238 g/mol. The molecule has 2 unspecified atom stereocenters. The first-order chi connectivity index (χ1) is 7.27. The third-order valence-corrected chi connectivity index (χ3v) is 1.35. The number of aliphatic hydroxyl groups is 1. The number of hydrogen-bond acceptors (Lipinski definition) is 6. The molecule has 2 atom stereocenters. The van der Waals surface area contributed by atoms with Crippen LogP contribution in [0.3, 0.4) is 0 Å². The Kier molecular flexibility index (Phi) is 9.06. The molecule has 0 aromatic heterocycles. The van der Waals surface area contributed by atoms with Crippen molar-refractivity contribution in [2.45, 2.75) is 12.5 Å². The van der Waals surface area contributed by atoms with Gasteiger partial charge in [-0.25, -0.2) is 4.79 Å². The molecule has 0 fully saturated rings. The van der Waals surface area contributed by atoms with E-state index in [2.05, 4.69) is 0 Å². The van der Waals surface area contributed by atoms with E-state index >= 15 is 0 Å². The van der Waals surface area contributed by atoms with Gasteiger partial charge in [-0.2, -0.15) is 0 Å². The van der Waals surface area contributed by atoms with Gasteiger partial charge in [0.05, 0.1) is 6.42 Å². The maximum Gasteiger partial charge on any atom is 0.432 e. The molecule has 0 aliphatic carbocycles. The van der Waals surface area contributed by atoms with E-state index in [1.807, 2.05) is 0 Å². The van der Waals surface area contributed by atoms with Crippen molar-refractivity contribution < 1.29 is 44.9 Å². The zero-order valence-electron chi connectivity index (χ0n) is 7.98. The van der Waals surface area contributed by atoms with Gasteiger partial charge in [0.1, 0.15) is 5.92 Å². The molecule has 92 valence electrons. The van der Waals surface area contributed by atoms with Gasteiger partial charge in [0, 0.05) is 0 Å². The van der Waals surface area contributed by atoms with E-state index in [9.17, 15) is 14.4 Å². The fourth-order valence-electron chi connectivity index (χ4n) is 0.694. The molecule has 0 radical (unpaired) electrons. The largest absolute Gasteiger partial charge is 0.481 e. The highest BCUT2D eigenvalue weighted by Crippen LogP contribution is 2.09. The van der Waals surface area contributed by atoms with Gasteiger partial charge in [-0.1, -0.05) is 0 Å². The first-order valence-electron chi connectivity index (χ1n) is 3.85. The predicted octanol–water partition coefficient (Wildman–Crippen LogP) is -3.16. The van der Waals surface area contributed by atoms with E-state index in [-0.39, 0.29) is 0 Å². The van der Waals surface area contributed by atoms with Crippen LogP contribution in [-0.4, -0.2) is 62.2 Å². The summed E-state index contributed by atoms with van der Waals surface area (Å²) in [6, 6.07) is 0. The minimum atomic E-state index is -2.20. The molecule has 0 aromatic rings. The lowest BCUT2D eigenvalue weighted by molar-refractivity contribution is -0.162. The van der Waals surface area contributed by atoms with Crippen LogP contribution >= 0.6 is 0 Å². The molecule has 0 amide bonds. The van der Waals surface area contributed by atoms with Gasteiger partial charge in [-0.15, -0.1) is 0 Å². The Morgan fingerprint density at radius 3 is 1.56 bits per heavy atom. The summed E-state index contributed by atoms with van der Waals surface area (Å²) in [7, 11) is -0.750. The average molecular weight is 238 g/mol. The first-order valence-corrected chi connectivity index (χ1v) is 3.85. The fraction of sp³-hybridized carbons (Fsp3) is 0.500. The number of carboxylic acids is 3. The van der Waals surface area contributed by atoms with Gasteiger partial charge in [0.15, 0.2) is 6.10 Å². The molecule has 0 saturated carbocycles. The van der Waals surface area contributed by atoms with E-state index in [1.165, 1.54) is 0 Å². The summed E-state index contributed by atoms with van der Waals surface area (Å²) in [5.41, 5.74) is 0. The molecule has 0 rings (SSSR count). The summed E-state index contributed by atoms with van der Waals surface area (Å²) >= 11 is 0. The van der Waals surface area contributed by atoms with Crippen molar-refractivity contribution in [3.8, 4) is 0 Å². The number of hydrogen-bond donors (Lipinski definition) is 6. The van der Waals surface area contributed by atoms with Crippen LogP contribution in [0.15, 0.2) is 0 Å². The summed E-state index contributed by atoms with van der Waals surface area (Å²) in [5, 5.41) is 47.8. The van der Waals surface area contributed by atoms with Gasteiger partial charge in [0.25, 0.3) is 0 Å². The van der Waals surface area contributed by atoms with Crippen molar-refractivity contribution in [1.29, 1.82) is 0 Å². The third-order valence-electron chi connectivity index (χ3n) is 1.35. The maximum absolute atomic E-state index is 10.3. The molecule has 6 N–H and O–H groups in total. The highest BCUT2D eigenvalue weighted by Gasteiger charge is 2.33. The van der Waals surface area contributed by atoms with Crippen LogP contribution in [0.1, 0.15) is 6.42 Å². The van der Waals surface area contributed by atoms with Crippen molar-refractivity contribution in [1.82, 2.24) is 0 Å². The van der Waals surface area contributed by atoms with Gasteiger partial charge in [-0.3, -0.25) is 9.59 Å². The second kappa shape index (κ2) is 8.65. The third kappa shape index (κ3) is 7.73. The van der Waals surface area contributed by atoms with E-state index in [1.54, 1.807) is 0 Å². The number of rotatable bonds is 5. The number of aliphatic carboxylic acids is 3. The quantitative estimate of drug-likeness (QED) is 0.270. The highest BCUT2D eigenvalue weighted by atomic mass is 16.4. The van der Waals surface area contributed by atoms with Crippen molar-refractivity contribution in [2.75, 3.05) is 0 Å². The zero-order valence-corrected chi connectivity index (χ0v) is 7.98. The van der Waals surface area contributed by atoms with Gasteiger partial charge in [-0.05, 0) is 0 Å². The number of aliphatic hydroxyl groups excluding tert-OH is 1. The molecule has 0 aliphatic rings. The molecule has 0 spiro atoms. The van der Waals surface area contributed by atoms with Crippen LogP contribution in [-0.2, 0) is 14.4 Å². The molecule has 0 aromatic carbocycles. The molecule has 9 nitrogen and oxygen atoms in total. The van der Waals surface area contributed by atoms with Crippen LogP contribution in [0.2, 0.25) is 0 Å². The van der Waals surface area contributed by atoms with Crippen LogP contribution in [0, 0.1) is 5.92 Å². The summed E-state index contributed by atoms with van der Waals surface area (Å²) in [5.74, 6) is -6.71. The lowest BCUT2D eigenvalue weighted by Gasteiger charge is -2.12. The minimum Gasteiger partial charge on any atom is -0.481 e. The van der Waals surface area contributed by atoms with Gasteiger partial charge < -0.3 is 30.5 Å². The second-order valence-electron chi connectivity index (χ2n) is 2.47. The smallest absolute Gasteiger partial charge is 0.432 e. The van der Waals surface area contributed by atoms with Crippen LogP contribution in [0.5, 0.6) is 0 Å². The summed E-state index contributed by atoms with van der Waals surface area (Å²) < 4.78 is 0. The Hall–Kier alpha value is -1.65. The molecule has 0 bridgehead atoms. The minimum absolute atomic E-state index is 0.750. The molecular formula is C6H11BO9. The SMILES string of the molecule is O=C(O)CC(C(=O)O)C(O)C(=O)O.OBO. The number of carbonyl (C=O) groups is 3. The summed E-state index contributed by atoms with van der Waals surface area (Å²) in [6.45, 7) is 0. The maximum atomic E-state index is 10.3. The lowest BCUT2D eigenvalue weighted by Crippen LogP contribution is -2.36. The second-order valence-corrected chi connectivity index (χ2v) is 2.47. The Labute approximate surface area is 89.9 Å². The van der Waals surface area contributed by atoms with Gasteiger partial charge >= 0.3 is 25.6 Å². The van der Waals surface area contributed by atoms with Crippen molar-refractivity contribution in [2.24, 2.45) is 5.92 Å². The van der Waals surface area contributed by atoms with E-state index in [0.29, 0.717) is 0 Å².